The molecule has 1 aromatic heterocycles. The van der Waals surface area contributed by atoms with E-state index < -0.39 is 0 Å². The van der Waals surface area contributed by atoms with Crippen LogP contribution in [0.15, 0.2) is 24.4 Å². The topological polar surface area (TPSA) is 24.9 Å². The highest BCUT2D eigenvalue weighted by atomic mass is 14.9. The predicted octanol–water partition coefficient (Wildman–Crippen LogP) is 3.56. The number of nitrogens with one attached hydrogen (secondary N) is 1. The van der Waals surface area contributed by atoms with Crippen molar-refractivity contribution in [3.63, 3.8) is 0 Å². The van der Waals surface area contributed by atoms with Gasteiger partial charge in [-0.3, -0.25) is 4.98 Å². The normalized spacial score (nSPS) is 26.7. The van der Waals surface area contributed by atoms with Crippen LogP contribution in [-0.4, -0.2) is 11.5 Å². The van der Waals surface area contributed by atoms with Crippen molar-refractivity contribution in [3.05, 3.63) is 30.1 Å². The Morgan fingerprint density at radius 3 is 3.00 bits per heavy atom. The Labute approximate surface area is 105 Å². The molecule has 0 amide bonds. The first kappa shape index (κ1) is 12.6. The number of rotatable bonds is 4. The zero-order valence-corrected chi connectivity index (χ0v) is 11.0. The summed E-state index contributed by atoms with van der Waals surface area (Å²) in [6.07, 6.45) is 7.49. The SMILES string of the molecule is CC1CCCC(CN[C@H](C)c2ccccn2)C1. The lowest BCUT2D eigenvalue weighted by atomic mass is 9.82. The zero-order chi connectivity index (χ0) is 12.1. The van der Waals surface area contributed by atoms with Crippen LogP contribution >= 0.6 is 0 Å². The molecule has 1 fully saturated rings. The summed E-state index contributed by atoms with van der Waals surface area (Å²) < 4.78 is 0. The summed E-state index contributed by atoms with van der Waals surface area (Å²) in [7, 11) is 0. The second-order valence-corrected chi connectivity index (χ2v) is 5.52. The molecule has 1 aliphatic carbocycles. The van der Waals surface area contributed by atoms with Gasteiger partial charge in [0.2, 0.25) is 0 Å². The maximum absolute atomic E-state index is 4.39. The minimum atomic E-state index is 0.369. The molecule has 1 aliphatic rings. The molecule has 0 saturated heterocycles. The molecule has 1 saturated carbocycles. The summed E-state index contributed by atoms with van der Waals surface area (Å²) in [5.41, 5.74) is 1.15. The summed E-state index contributed by atoms with van der Waals surface area (Å²) >= 11 is 0. The number of pyridine rings is 1. The van der Waals surface area contributed by atoms with Gasteiger partial charge in [0, 0.05) is 12.2 Å². The van der Waals surface area contributed by atoms with Gasteiger partial charge >= 0.3 is 0 Å². The van der Waals surface area contributed by atoms with E-state index in [0.717, 1.165) is 24.1 Å². The van der Waals surface area contributed by atoms with Crippen LogP contribution in [0.4, 0.5) is 0 Å². The van der Waals surface area contributed by atoms with Gasteiger partial charge in [-0.2, -0.15) is 0 Å². The highest BCUT2D eigenvalue weighted by molar-refractivity contribution is 5.07. The Balaban J connectivity index is 1.78. The summed E-state index contributed by atoms with van der Waals surface area (Å²) in [6.45, 7) is 5.73. The van der Waals surface area contributed by atoms with Gasteiger partial charge in [-0.15, -0.1) is 0 Å². The fourth-order valence-electron chi connectivity index (χ4n) is 2.83. The first-order valence-corrected chi connectivity index (χ1v) is 6.90. The average molecular weight is 232 g/mol. The Hall–Kier alpha value is -0.890. The summed E-state index contributed by atoms with van der Waals surface area (Å²) in [5.74, 6) is 1.78. The van der Waals surface area contributed by atoms with E-state index in [0.29, 0.717) is 6.04 Å². The van der Waals surface area contributed by atoms with E-state index in [1.54, 1.807) is 0 Å². The second-order valence-electron chi connectivity index (χ2n) is 5.52. The van der Waals surface area contributed by atoms with Crippen molar-refractivity contribution in [2.45, 2.75) is 45.6 Å². The van der Waals surface area contributed by atoms with Gasteiger partial charge in [0.1, 0.15) is 0 Å². The first-order chi connectivity index (χ1) is 8.25. The van der Waals surface area contributed by atoms with Crippen molar-refractivity contribution in [1.29, 1.82) is 0 Å². The lowest BCUT2D eigenvalue weighted by Crippen LogP contribution is -2.29. The molecule has 0 aromatic carbocycles. The van der Waals surface area contributed by atoms with Crippen molar-refractivity contribution < 1.29 is 0 Å². The molecule has 17 heavy (non-hydrogen) atoms. The molecule has 2 nitrogen and oxygen atoms in total. The van der Waals surface area contributed by atoms with Crippen LogP contribution in [0.1, 0.15) is 51.3 Å². The quantitative estimate of drug-likeness (QED) is 0.858. The lowest BCUT2D eigenvalue weighted by Gasteiger charge is -2.28. The maximum atomic E-state index is 4.39. The Morgan fingerprint density at radius 2 is 2.29 bits per heavy atom. The van der Waals surface area contributed by atoms with Gasteiger partial charge in [-0.05, 0) is 50.3 Å². The number of nitrogens with zero attached hydrogens (tertiary/aromatic N) is 1. The van der Waals surface area contributed by atoms with Crippen molar-refractivity contribution in [3.8, 4) is 0 Å². The van der Waals surface area contributed by atoms with Crippen LogP contribution < -0.4 is 5.32 Å². The molecule has 3 atom stereocenters. The minimum Gasteiger partial charge on any atom is -0.309 e. The van der Waals surface area contributed by atoms with E-state index in [1.807, 2.05) is 12.3 Å². The predicted molar refractivity (Wildman–Crippen MR) is 71.8 cm³/mol. The summed E-state index contributed by atoms with van der Waals surface area (Å²) in [6, 6.07) is 6.50. The van der Waals surface area contributed by atoms with Crippen molar-refractivity contribution in [2.75, 3.05) is 6.54 Å². The second kappa shape index (κ2) is 6.15. The zero-order valence-electron chi connectivity index (χ0n) is 11.0. The van der Waals surface area contributed by atoms with Crippen LogP contribution in [0.2, 0.25) is 0 Å². The van der Waals surface area contributed by atoms with Crippen LogP contribution in [0.5, 0.6) is 0 Å². The smallest absolute Gasteiger partial charge is 0.0570 e. The van der Waals surface area contributed by atoms with Gasteiger partial charge < -0.3 is 5.32 Å². The number of hydrogen-bond acceptors (Lipinski definition) is 2. The third kappa shape index (κ3) is 3.81. The Bertz CT molecular complexity index is 323. The molecule has 0 aliphatic heterocycles. The molecule has 0 radical (unpaired) electrons. The molecule has 94 valence electrons. The minimum absolute atomic E-state index is 0.369. The molecule has 1 N–H and O–H groups in total. The third-order valence-corrected chi connectivity index (χ3v) is 3.89. The van der Waals surface area contributed by atoms with Gasteiger partial charge in [0.05, 0.1) is 5.69 Å². The van der Waals surface area contributed by atoms with E-state index in [1.165, 1.54) is 25.7 Å². The summed E-state index contributed by atoms with van der Waals surface area (Å²) in [4.78, 5) is 4.39. The van der Waals surface area contributed by atoms with Crippen LogP contribution in [0.3, 0.4) is 0 Å². The largest absolute Gasteiger partial charge is 0.309 e. The Kier molecular flexibility index (Phi) is 4.55. The number of aromatic nitrogens is 1. The average Bonchev–Trinajstić information content (AvgIpc) is 2.37. The highest BCUT2D eigenvalue weighted by Crippen LogP contribution is 2.28. The van der Waals surface area contributed by atoms with Crippen LogP contribution in [0.25, 0.3) is 0 Å². The fourth-order valence-corrected chi connectivity index (χ4v) is 2.83. The van der Waals surface area contributed by atoms with Gasteiger partial charge in [0.15, 0.2) is 0 Å². The van der Waals surface area contributed by atoms with Gasteiger partial charge in [-0.25, -0.2) is 0 Å². The van der Waals surface area contributed by atoms with Crippen molar-refractivity contribution in [2.24, 2.45) is 11.8 Å². The molecule has 2 heteroatoms. The highest BCUT2D eigenvalue weighted by Gasteiger charge is 2.19. The monoisotopic (exact) mass is 232 g/mol. The number of hydrogen-bond donors (Lipinski definition) is 1. The van der Waals surface area contributed by atoms with Crippen LogP contribution in [0, 0.1) is 11.8 Å². The van der Waals surface area contributed by atoms with Crippen molar-refractivity contribution in [1.82, 2.24) is 10.3 Å². The standard InChI is InChI=1S/C15H24N2/c1-12-6-5-7-14(10-12)11-17-13(2)15-8-3-4-9-16-15/h3-4,8-9,12-14,17H,5-7,10-11H2,1-2H3/t12?,13-,14?/m1/s1. The molecular formula is C15H24N2. The van der Waals surface area contributed by atoms with E-state index in [2.05, 4.69) is 36.3 Å². The van der Waals surface area contributed by atoms with Gasteiger partial charge in [0.25, 0.3) is 0 Å². The van der Waals surface area contributed by atoms with Gasteiger partial charge in [-0.1, -0.05) is 25.8 Å². The molecule has 1 heterocycles. The molecule has 2 rings (SSSR count). The molecular weight excluding hydrogens is 208 g/mol. The van der Waals surface area contributed by atoms with E-state index in [4.69, 9.17) is 0 Å². The molecule has 1 aromatic rings. The molecule has 2 unspecified atom stereocenters. The first-order valence-electron chi connectivity index (χ1n) is 6.90. The Morgan fingerprint density at radius 1 is 1.41 bits per heavy atom. The summed E-state index contributed by atoms with van der Waals surface area (Å²) in [5, 5.41) is 3.63. The third-order valence-electron chi connectivity index (χ3n) is 3.89. The van der Waals surface area contributed by atoms with E-state index in [9.17, 15) is 0 Å². The lowest BCUT2D eigenvalue weighted by molar-refractivity contribution is 0.268. The van der Waals surface area contributed by atoms with Crippen LogP contribution in [-0.2, 0) is 0 Å². The maximum Gasteiger partial charge on any atom is 0.0570 e. The van der Waals surface area contributed by atoms with E-state index in [-0.39, 0.29) is 0 Å². The van der Waals surface area contributed by atoms with E-state index >= 15 is 0 Å². The molecule has 0 bridgehead atoms. The fraction of sp³-hybridized carbons (Fsp3) is 0.667. The molecule has 0 spiro atoms. The van der Waals surface area contributed by atoms with Crippen molar-refractivity contribution >= 4 is 0 Å².